The van der Waals surface area contributed by atoms with E-state index in [0.29, 0.717) is 24.7 Å². The second-order valence-corrected chi connectivity index (χ2v) is 6.25. The molecule has 1 heterocycles. The summed E-state index contributed by atoms with van der Waals surface area (Å²) in [6, 6.07) is 0. The summed E-state index contributed by atoms with van der Waals surface area (Å²) >= 11 is 0. The Balaban J connectivity index is 1.47. The largest absolute Gasteiger partial charge is 0.344 e. The van der Waals surface area contributed by atoms with Gasteiger partial charge in [0.15, 0.2) is 5.67 Å². The first kappa shape index (κ1) is 12.9. The van der Waals surface area contributed by atoms with E-state index in [1.165, 1.54) is 25.7 Å². The Morgan fingerprint density at radius 1 is 1.16 bits per heavy atom. The lowest BCUT2D eigenvalue weighted by Gasteiger charge is -2.22. The number of hydrogen-bond acceptors (Lipinski definition) is 2. The number of amides is 2. The SMILES string of the molecule is O=C(CNC(=O)C1(F)CC1)N1CC2CCCCC2C1. The molecule has 3 aliphatic rings. The molecule has 0 spiro atoms. The van der Waals surface area contributed by atoms with Crippen LogP contribution >= 0.6 is 0 Å². The Morgan fingerprint density at radius 2 is 1.74 bits per heavy atom. The minimum Gasteiger partial charge on any atom is -0.344 e. The molecule has 4 nitrogen and oxygen atoms in total. The van der Waals surface area contributed by atoms with Crippen molar-refractivity contribution >= 4 is 11.8 Å². The van der Waals surface area contributed by atoms with Crippen molar-refractivity contribution in [2.45, 2.75) is 44.2 Å². The zero-order chi connectivity index (χ0) is 13.5. The first-order valence-corrected chi connectivity index (χ1v) is 7.33. The average Bonchev–Trinajstić information content (AvgIpc) is 3.02. The average molecular weight is 268 g/mol. The summed E-state index contributed by atoms with van der Waals surface area (Å²) in [6.45, 7) is 1.59. The Kier molecular flexibility index (Phi) is 3.23. The number of carbonyl (C=O) groups is 2. The number of nitrogens with zero attached hydrogens (tertiary/aromatic N) is 1. The number of halogens is 1. The molecule has 1 saturated heterocycles. The van der Waals surface area contributed by atoms with E-state index in [9.17, 15) is 14.0 Å². The number of likely N-dealkylation sites (tertiary alicyclic amines) is 1. The predicted octanol–water partition coefficient (Wildman–Crippen LogP) is 1.25. The molecular weight excluding hydrogens is 247 g/mol. The molecule has 0 aromatic heterocycles. The van der Waals surface area contributed by atoms with Crippen LogP contribution in [-0.4, -0.2) is 42.0 Å². The van der Waals surface area contributed by atoms with E-state index in [0.717, 1.165) is 13.1 Å². The molecule has 19 heavy (non-hydrogen) atoms. The van der Waals surface area contributed by atoms with Crippen molar-refractivity contribution in [1.82, 2.24) is 10.2 Å². The van der Waals surface area contributed by atoms with Crippen LogP contribution in [0.3, 0.4) is 0 Å². The van der Waals surface area contributed by atoms with Gasteiger partial charge in [-0.25, -0.2) is 4.39 Å². The number of alkyl halides is 1. The van der Waals surface area contributed by atoms with E-state index in [2.05, 4.69) is 5.32 Å². The summed E-state index contributed by atoms with van der Waals surface area (Å²) in [5, 5.41) is 2.44. The lowest BCUT2D eigenvalue weighted by atomic mass is 9.82. The molecule has 5 heteroatoms. The quantitative estimate of drug-likeness (QED) is 0.837. The summed E-state index contributed by atoms with van der Waals surface area (Å²) in [5.41, 5.74) is -1.68. The molecular formula is C14H21FN2O2. The normalized spacial score (nSPS) is 31.7. The van der Waals surface area contributed by atoms with Crippen molar-refractivity contribution in [2.24, 2.45) is 11.8 Å². The zero-order valence-electron chi connectivity index (χ0n) is 11.2. The molecule has 2 amide bonds. The van der Waals surface area contributed by atoms with Gasteiger partial charge in [-0.2, -0.15) is 0 Å². The smallest absolute Gasteiger partial charge is 0.258 e. The molecule has 2 unspecified atom stereocenters. The van der Waals surface area contributed by atoms with E-state index in [1.807, 2.05) is 4.90 Å². The highest BCUT2D eigenvalue weighted by atomic mass is 19.1. The Labute approximate surface area is 112 Å². The van der Waals surface area contributed by atoms with Crippen LogP contribution in [0.5, 0.6) is 0 Å². The maximum absolute atomic E-state index is 13.4. The first-order chi connectivity index (χ1) is 9.08. The molecule has 2 saturated carbocycles. The van der Waals surface area contributed by atoms with Gasteiger partial charge in [-0.1, -0.05) is 12.8 Å². The summed E-state index contributed by atoms with van der Waals surface area (Å²) in [4.78, 5) is 25.3. The van der Waals surface area contributed by atoms with Crippen LogP contribution in [0.15, 0.2) is 0 Å². The van der Waals surface area contributed by atoms with Crippen molar-refractivity contribution < 1.29 is 14.0 Å². The van der Waals surface area contributed by atoms with Crippen LogP contribution in [0.1, 0.15) is 38.5 Å². The number of carbonyl (C=O) groups excluding carboxylic acids is 2. The lowest BCUT2D eigenvalue weighted by molar-refractivity contribution is -0.134. The van der Waals surface area contributed by atoms with Gasteiger partial charge in [0.05, 0.1) is 6.54 Å². The van der Waals surface area contributed by atoms with Gasteiger partial charge in [-0.3, -0.25) is 9.59 Å². The van der Waals surface area contributed by atoms with Gasteiger partial charge in [0.1, 0.15) is 0 Å². The fourth-order valence-corrected chi connectivity index (χ4v) is 3.37. The van der Waals surface area contributed by atoms with Gasteiger partial charge >= 0.3 is 0 Å². The highest BCUT2D eigenvalue weighted by Crippen LogP contribution is 2.39. The van der Waals surface area contributed by atoms with Crippen molar-refractivity contribution in [1.29, 1.82) is 0 Å². The fraction of sp³-hybridized carbons (Fsp3) is 0.857. The van der Waals surface area contributed by atoms with Crippen molar-refractivity contribution in [2.75, 3.05) is 19.6 Å². The molecule has 0 bridgehead atoms. The molecule has 2 atom stereocenters. The summed E-state index contributed by atoms with van der Waals surface area (Å²) < 4.78 is 13.4. The van der Waals surface area contributed by atoms with Crippen LogP contribution in [0.2, 0.25) is 0 Å². The fourth-order valence-electron chi connectivity index (χ4n) is 3.37. The zero-order valence-corrected chi connectivity index (χ0v) is 11.2. The van der Waals surface area contributed by atoms with Gasteiger partial charge in [-0.05, 0) is 37.5 Å². The van der Waals surface area contributed by atoms with E-state index >= 15 is 0 Å². The second kappa shape index (κ2) is 4.76. The van der Waals surface area contributed by atoms with Gasteiger partial charge in [0, 0.05) is 13.1 Å². The number of hydrogen-bond donors (Lipinski definition) is 1. The van der Waals surface area contributed by atoms with Crippen molar-refractivity contribution in [3.8, 4) is 0 Å². The highest BCUT2D eigenvalue weighted by molar-refractivity contribution is 5.91. The summed E-state index contributed by atoms with van der Waals surface area (Å²) in [7, 11) is 0. The monoisotopic (exact) mass is 268 g/mol. The van der Waals surface area contributed by atoms with Crippen molar-refractivity contribution in [3.63, 3.8) is 0 Å². The van der Waals surface area contributed by atoms with Crippen LogP contribution < -0.4 is 5.32 Å². The predicted molar refractivity (Wildman–Crippen MR) is 68.1 cm³/mol. The molecule has 106 valence electrons. The molecule has 3 rings (SSSR count). The van der Waals surface area contributed by atoms with Gasteiger partial charge < -0.3 is 10.2 Å². The third-order valence-electron chi connectivity index (χ3n) is 4.83. The van der Waals surface area contributed by atoms with Gasteiger partial charge in [0.2, 0.25) is 5.91 Å². The van der Waals surface area contributed by atoms with Crippen LogP contribution in [0.4, 0.5) is 4.39 Å². The molecule has 1 N–H and O–H groups in total. The van der Waals surface area contributed by atoms with Crippen LogP contribution in [0, 0.1) is 11.8 Å². The van der Waals surface area contributed by atoms with Gasteiger partial charge in [-0.15, -0.1) is 0 Å². The van der Waals surface area contributed by atoms with E-state index < -0.39 is 11.6 Å². The Bertz CT molecular complexity index is 381. The minimum atomic E-state index is -1.68. The van der Waals surface area contributed by atoms with Crippen molar-refractivity contribution in [3.05, 3.63) is 0 Å². The first-order valence-electron chi connectivity index (χ1n) is 7.33. The number of rotatable bonds is 3. The molecule has 3 fully saturated rings. The van der Waals surface area contributed by atoms with Gasteiger partial charge in [0.25, 0.3) is 5.91 Å². The van der Waals surface area contributed by atoms with Crippen LogP contribution in [-0.2, 0) is 9.59 Å². The maximum Gasteiger partial charge on any atom is 0.258 e. The molecule has 0 aromatic carbocycles. The molecule has 1 aliphatic heterocycles. The third-order valence-corrected chi connectivity index (χ3v) is 4.83. The molecule has 2 aliphatic carbocycles. The number of fused-ring (bicyclic) bond motifs is 1. The highest BCUT2D eigenvalue weighted by Gasteiger charge is 2.50. The number of nitrogens with one attached hydrogen (secondary N) is 1. The topological polar surface area (TPSA) is 49.4 Å². The van der Waals surface area contributed by atoms with E-state index in [-0.39, 0.29) is 12.5 Å². The molecule has 0 aromatic rings. The Hall–Kier alpha value is -1.13. The molecule has 0 radical (unpaired) electrons. The standard InChI is InChI=1S/C14H21FN2O2/c15-14(5-6-14)13(19)16-7-12(18)17-8-10-3-1-2-4-11(10)9-17/h10-11H,1-9H2,(H,16,19). The lowest BCUT2D eigenvalue weighted by Crippen LogP contribution is -2.42. The minimum absolute atomic E-state index is 0.0516. The van der Waals surface area contributed by atoms with E-state index in [4.69, 9.17) is 0 Å². The summed E-state index contributed by atoms with van der Waals surface area (Å²) in [6.07, 6.45) is 5.55. The third kappa shape index (κ3) is 2.60. The maximum atomic E-state index is 13.4. The summed E-state index contributed by atoms with van der Waals surface area (Å²) in [5.74, 6) is 0.609. The second-order valence-electron chi connectivity index (χ2n) is 6.25. The van der Waals surface area contributed by atoms with E-state index in [1.54, 1.807) is 0 Å². The Morgan fingerprint density at radius 3 is 2.26 bits per heavy atom. The van der Waals surface area contributed by atoms with Crippen LogP contribution in [0.25, 0.3) is 0 Å².